The van der Waals surface area contributed by atoms with Crippen molar-refractivity contribution in [1.82, 2.24) is 0 Å². The molecule has 0 saturated heterocycles. The van der Waals surface area contributed by atoms with E-state index in [-0.39, 0.29) is 11.8 Å². The minimum Gasteiger partial charge on any atom is -0.508 e. The van der Waals surface area contributed by atoms with E-state index in [1.54, 1.807) is 24.3 Å². The van der Waals surface area contributed by atoms with Gasteiger partial charge in [0.2, 0.25) is 0 Å². The molecule has 134 valence electrons. The van der Waals surface area contributed by atoms with Gasteiger partial charge in [0.15, 0.2) is 11.5 Å². The first-order valence-corrected chi connectivity index (χ1v) is 8.80. The molecule has 25 heavy (non-hydrogen) atoms. The Morgan fingerprint density at radius 3 is 2.64 bits per heavy atom. The molecule has 0 saturated carbocycles. The third kappa shape index (κ3) is 4.37. The molecule has 0 aromatic heterocycles. The fourth-order valence-electron chi connectivity index (χ4n) is 2.83. The van der Waals surface area contributed by atoms with Crippen LogP contribution in [0.4, 0.5) is 0 Å². The van der Waals surface area contributed by atoms with Crippen LogP contribution in [-0.2, 0) is 6.54 Å². The minimum absolute atomic E-state index is 0.0562. The molecule has 1 heterocycles. The van der Waals surface area contributed by atoms with E-state index >= 15 is 0 Å². The molecular weight excluding hydrogens is 342 g/mol. The maximum absolute atomic E-state index is 10.5. The number of nitrogens with two attached hydrogens (primary N) is 1. The van der Waals surface area contributed by atoms with E-state index in [2.05, 4.69) is 0 Å². The van der Waals surface area contributed by atoms with Crippen molar-refractivity contribution in [2.24, 2.45) is 0 Å². The first kappa shape index (κ1) is 17.9. The number of aromatic hydroxyl groups is 1. The maximum Gasteiger partial charge on any atom is 0.179 e. The van der Waals surface area contributed by atoms with Crippen molar-refractivity contribution < 1.29 is 25.0 Å². The Labute approximate surface area is 152 Å². The molecule has 0 amide bonds. The SMILES string of the molecule is C[C@@H]([NH2+]Cc1cc(Cl)c2c(c1)OCCCO2)[C@H](O)c1ccc(O)cc1. The average Bonchev–Trinajstić information content (AvgIpc) is 2.85. The Morgan fingerprint density at radius 2 is 1.88 bits per heavy atom. The van der Waals surface area contributed by atoms with E-state index in [4.69, 9.17) is 21.1 Å². The molecule has 4 N–H and O–H groups in total. The summed E-state index contributed by atoms with van der Waals surface area (Å²) >= 11 is 6.32. The van der Waals surface area contributed by atoms with Crippen LogP contribution in [-0.4, -0.2) is 29.5 Å². The van der Waals surface area contributed by atoms with Crippen molar-refractivity contribution in [3.05, 3.63) is 52.5 Å². The van der Waals surface area contributed by atoms with E-state index < -0.39 is 6.10 Å². The lowest BCUT2D eigenvalue weighted by molar-refractivity contribution is -0.709. The molecule has 0 bridgehead atoms. The molecule has 2 aromatic carbocycles. The Hall–Kier alpha value is -1.95. The number of hydrogen-bond donors (Lipinski definition) is 3. The Kier molecular flexibility index (Phi) is 5.68. The highest BCUT2D eigenvalue weighted by atomic mass is 35.5. The van der Waals surface area contributed by atoms with Gasteiger partial charge in [-0.3, -0.25) is 0 Å². The minimum atomic E-state index is -0.628. The van der Waals surface area contributed by atoms with Gasteiger partial charge in [-0.15, -0.1) is 0 Å². The van der Waals surface area contributed by atoms with Gasteiger partial charge >= 0.3 is 0 Å². The average molecular weight is 365 g/mol. The molecule has 1 aliphatic rings. The number of rotatable bonds is 5. The number of phenolic OH excluding ortho intramolecular Hbond substituents is 1. The maximum atomic E-state index is 10.5. The van der Waals surface area contributed by atoms with E-state index in [1.807, 2.05) is 24.4 Å². The van der Waals surface area contributed by atoms with Crippen molar-refractivity contribution >= 4 is 11.6 Å². The monoisotopic (exact) mass is 364 g/mol. The van der Waals surface area contributed by atoms with E-state index in [0.29, 0.717) is 36.3 Å². The quantitative estimate of drug-likeness (QED) is 0.761. The summed E-state index contributed by atoms with van der Waals surface area (Å²) in [6, 6.07) is 10.4. The summed E-state index contributed by atoms with van der Waals surface area (Å²) in [7, 11) is 0. The van der Waals surface area contributed by atoms with Gasteiger partial charge in [0.25, 0.3) is 0 Å². The van der Waals surface area contributed by atoms with Crippen LogP contribution in [0.2, 0.25) is 5.02 Å². The first-order valence-electron chi connectivity index (χ1n) is 8.43. The van der Waals surface area contributed by atoms with Crippen LogP contribution in [0.15, 0.2) is 36.4 Å². The van der Waals surface area contributed by atoms with E-state index in [1.165, 1.54) is 0 Å². The van der Waals surface area contributed by atoms with Gasteiger partial charge in [0, 0.05) is 12.0 Å². The highest BCUT2D eigenvalue weighted by molar-refractivity contribution is 6.32. The fraction of sp³-hybridized carbons (Fsp3) is 0.368. The summed E-state index contributed by atoms with van der Waals surface area (Å²) in [6.45, 7) is 3.84. The van der Waals surface area contributed by atoms with Gasteiger partial charge in [0.1, 0.15) is 24.4 Å². The summed E-state index contributed by atoms with van der Waals surface area (Å²) in [6.07, 6.45) is 0.207. The standard InChI is InChI=1S/C19H22ClNO4/c1-12(18(23)14-3-5-15(22)6-4-14)21-11-13-9-16(20)19-17(10-13)24-7-2-8-25-19/h3-6,9-10,12,18,21-23H,2,7-8,11H2,1H3/p+1/t12-,18+/m1/s1. The van der Waals surface area contributed by atoms with Crippen molar-refractivity contribution in [2.75, 3.05) is 13.2 Å². The molecule has 6 heteroatoms. The molecule has 5 nitrogen and oxygen atoms in total. The zero-order valence-electron chi connectivity index (χ0n) is 14.1. The lowest BCUT2D eigenvalue weighted by atomic mass is 10.0. The molecule has 1 aliphatic heterocycles. The second-order valence-electron chi connectivity index (χ2n) is 6.29. The van der Waals surface area contributed by atoms with Crippen LogP contribution in [0.25, 0.3) is 0 Å². The molecular formula is C19H23ClNO4+. The molecule has 2 atom stereocenters. The van der Waals surface area contributed by atoms with Gasteiger partial charge < -0.3 is 25.0 Å². The number of aliphatic hydroxyl groups is 1. The Balaban J connectivity index is 1.65. The Bertz CT molecular complexity index is 720. The smallest absolute Gasteiger partial charge is 0.179 e. The lowest BCUT2D eigenvalue weighted by Crippen LogP contribution is -2.88. The molecule has 0 unspecified atom stereocenters. The second-order valence-corrected chi connectivity index (χ2v) is 6.70. The Morgan fingerprint density at radius 1 is 1.16 bits per heavy atom. The van der Waals surface area contributed by atoms with Crippen LogP contribution in [0, 0.1) is 0 Å². The van der Waals surface area contributed by atoms with E-state index in [9.17, 15) is 10.2 Å². The third-order valence-electron chi connectivity index (χ3n) is 4.32. The summed E-state index contributed by atoms with van der Waals surface area (Å²) < 4.78 is 11.3. The van der Waals surface area contributed by atoms with Crippen LogP contribution in [0.5, 0.6) is 17.2 Å². The summed E-state index contributed by atoms with van der Waals surface area (Å²) in [5.74, 6) is 1.48. The number of hydrogen-bond acceptors (Lipinski definition) is 4. The van der Waals surface area contributed by atoms with E-state index in [0.717, 1.165) is 17.5 Å². The topological polar surface area (TPSA) is 75.5 Å². The molecule has 0 aliphatic carbocycles. The summed E-state index contributed by atoms with van der Waals surface area (Å²) in [5.41, 5.74) is 1.79. The van der Waals surface area contributed by atoms with Gasteiger partial charge in [-0.2, -0.15) is 0 Å². The predicted octanol–water partition coefficient (Wildman–Crippen LogP) is 2.39. The number of benzene rings is 2. The van der Waals surface area contributed by atoms with Crippen LogP contribution >= 0.6 is 11.6 Å². The third-order valence-corrected chi connectivity index (χ3v) is 4.60. The zero-order chi connectivity index (χ0) is 17.8. The van der Waals surface area contributed by atoms with Crippen molar-refractivity contribution in [2.45, 2.75) is 32.0 Å². The molecule has 0 fully saturated rings. The highest BCUT2D eigenvalue weighted by Crippen LogP contribution is 2.37. The molecule has 2 aromatic rings. The molecule has 0 radical (unpaired) electrons. The van der Waals surface area contributed by atoms with Crippen molar-refractivity contribution in [1.29, 1.82) is 0 Å². The van der Waals surface area contributed by atoms with Crippen molar-refractivity contribution in [3.8, 4) is 17.2 Å². The summed E-state index contributed by atoms with van der Waals surface area (Å²) in [4.78, 5) is 0. The number of fused-ring (bicyclic) bond motifs is 1. The van der Waals surface area contributed by atoms with Crippen LogP contribution < -0.4 is 14.8 Å². The largest absolute Gasteiger partial charge is 0.508 e. The molecule has 0 spiro atoms. The summed E-state index contributed by atoms with van der Waals surface area (Å²) in [5, 5.41) is 22.4. The number of quaternary nitrogens is 1. The van der Waals surface area contributed by atoms with Crippen molar-refractivity contribution in [3.63, 3.8) is 0 Å². The zero-order valence-corrected chi connectivity index (χ0v) is 14.9. The van der Waals surface area contributed by atoms with Gasteiger partial charge in [-0.1, -0.05) is 23.7 Å². The molecule has 3 rings (SSSR count). The normalized spacial score (nSPS) is 16.1. The van der Waals surface area contributed by atoms with Crippen LogP contribution in [0.1, 0.15) is 30.6 Å². The first-order chi connectivity index (χ1) is 12.0. The highest BCUT2D eigenvalue weighted by Gasteiger charge is 2.21. The fourth-order valence-corrected chi connectivity index (χ4v) is 3.12. The number of aliphatic hydroxyl groups excluding tert-OH is 1. The number of phenols is 1. The second kappa shape index (κ2) is 7.95. The van der Waals surface area contributed by atoms with Crippen LogP contribution in [0.3, 0.4) is 0 Å². The number of halogens is 1. The predicted molar refractivity (Wildman–Crippen MR) is 95.2 cm³/mol. The van der Waals surface area contributed by atoms with Gasteiger partial charge in [-0.05, 0) is 36.8 Å². The van der Waals surface area contributed by atoms with Gasteiger partial charge in [0.05, 0.1) is 18.2 Å². The van der Waals surface area contributed by atoms with Gasteiger partial charge in [-0.25, -0.2) is 0 Å². The lowest BCUT2D eigenvalue weighted by Gasteiger charge is -2.18. The number of ether oxygens (including phenoxy) is 2.